The highest BCUT2D eigenvalue weighted by Crippen LogP contribution is 2.30. The molecule has 0 aliphatic carbocycles. The Balaban J connectivity index is 1.39. The second kappa shape index (κ2) is 6.93. The molecule has 0 spiro atoms. The van der Waals surface area contributed by atoms with E-state index in [-0.39, 0.29) is 0 Å². The molecular weight excluding hydrogens is 326 g/mol. The molecule has 0 amide bonds. The number of piperidine rings is 3. The molecule has 1 unspecified atom stereocenters. The Morgan fingerprint density at radius 3 is 2.70 bits per heavy atom. The average Bonchev–Trinajstić information content (AvgIpc) is 3.11. The average molecular weight is 344 g/mol. The van der Waals surface area contributed by atoms with Crippen molar-refractivity contribution in [2.24, 2.45) is 16.1 Å². The molecular formula is C16H18N5S2+. The predicted octanol–water partition coefficient (Wildman–Crippen LogP) is 3.99. The lowest BCUT2D eigenvalue weighted by molar-refractivity contribution is 0.0871. The molecule has 118 valence electrons. The summed E-state index contributed by atoms with van der Waals surface area (Å²) in [5.74, 6) is 0.705. The van der Waals surface area contributed by atoms with Gasteiger partial charge in [0, 0.05) is 23.0 Å². The Labute approximate surface area is 143 Å². The molecule has 0 N–H and O–H groups in total. The lowest BCUT2D eigenvalue weighted by Gasteiger charge is -2.40. The highest BCUT2D eigenvalue weighted by molar-refractivity contribution is 8.01. The Morgan fingerprint density at radius 1 is 1.22 bits per heavy atom. The lowest BCUT2D eigenvalue weighted by atomic mass is 9.85. The molecule has 23 heavy (non-hydrogen) atoms. The second-order valence-electron chi connectivity index (χ2n) is 5.90. The number of benzene rings is 1. The van der Waals surface area contributed by atoms with Crippen LogP contribution in [0, 0.1) is 5.92 Å². The van der Waals surface area contributed by atoms with Gasteiger partial charge in [-0.3, -0.25) is 0 Å². The Bertz CT molecular complexity index is 699. The molecule has 5 rings (SSSR count). The Kier molecular flexibility index (Phi) is 4.52. The van der Waals surface area contributed by atoms with Gasteiger partial charge in [0.1, 0.15) is 11.2 Å². The van der Waals surface area contributed by atoms with E-state index >= 15 is 0 Å². The summed E-state index contributed by atoms with van der Waals surface area (Å²) in [6.45, 7) is 3.51. The van der Waals surface area contributed by atoms with Crippen molar-refractivity contribution < 1.29 is 0 Å². The van der Waals surface area contributed by atoms with Gasteiger partial charge >= 0.3 is 0 Å². The predicted molar refractivity (Wildman–Crippen MR) is 92.3 cm³/mol. The highest BCUT2D eigenvalue weighted by Gasteiger charge is 2.36. The number of thiazole rings is 1. The van der Waals surface area contributed by atoms with Gasteiger partial charge in [-0.1, -0.05) is 11.8 Å². The zero-order valence-electron chi connectivity index (χ0n) is 12.7. The number of fused-ring (bicyclic) bond motifs is 3. The van der Waals surface area contributed by atoms with Crippen molar-refractivity contribution >= 4 is 28.8 Å². The minimum Gasteiger partial charge on any atom is -0.301 e. The maximum absolute atomic E-state index is 4.45. The van der Waals surface area contributed by atoms with Crippen LogP contribution in [0.5, 0.6) is 0 Å². The van der Waals surface area contributed by atoms with Crippen LogP contribution in [0.4, 0.5) is 5.69 Å². The summed E-state index contributed by atoms with van der Waals surface area (Å²) in [4.78, 5) is 12.0. The first-order chi connectivity index (χ1) is 11.4. The van der Waals surface area contributed by atoms with Crippen LogP contribution in [-0.2, 0) is 0 Å². The van der Waals surface area contributed by atoms with Crippen molar-refractivity contribution in [3.63, 3.8) is 0 Å². The van der Waals surface area contributed by atoms with Crippen LogP contribution in [0.25, 0.3) is 0 Å². The first kappa shape index (κ1) is 15.0. The summed E-state index contributed by atoms with van der Waals surface area (Å²) in [5, 5.41) is 10.7. The topological polar surface area (TPSA) is 55.0 Å². The summed E-state index contributed by atoms with van der Waals surface area (Å²) >= 11 is 3.31. The molecule has 2 aromatic rings. The van der Waals surface area contributed by atoms with E-state index in [0.717, 1.165) is 21.5 Å². The molecule has 3 fully saturated rings. The van der Waals surface area contributed by atoms with Crippen LogP contribution < -0.4 is 4.91 Å². The quantitative estimate of drug-likeness (QED) is 0.622. The molecule has 3 aliphatic heterocycles. The number of rotatable bonds is 4. The smallest absolute Gasteiger partial charge is 0.223 e. The molecule has 1 aromatic heterocycles. The van der Waals surface area contributed by atoms with Gasteiger partial charge < -0.3 is 4.90 Å². The van der Waals surface area contributed by atoms with E-state index < -0.39 is 0 Å². The van der Waals surface area contributed by atoms with Crippen LogP contribution in [0.3, 0.4) is 0 Å². The maximum atomic E-state index is 4.45. The van der Waals surface area contributed by atoms with Crippen molar-refractivity contribution in [2.45, 2.75) is 28.1 Å². The first-order valence-corrected chi connectivity index (χ1v) is 9.57. The number of hydrogen-bond donors (Lipinski definition) is 0. The molecule has 4 heterocycles. The molecule has 2 bridgehead atoms. The van der Waals surface area contributed by atoms with Gasteiger partial charge in [-0.05, 0) is 56.1 Å². The molecule has 3 aliphatic rings. The van der Waals surface area contributed by atoms with E-state index in [1.807, 2.05) is 23.7 Å². The number of hydrogen-bond acceptors (Lipinski definition) is 6. The van der Waals surface area contributed by atoms with Crippen LogP contribution in [0.2, 0.25) is 0 Å². The normalized spacial score (nSPS) is 25.8. The molecule has 5 nitrogen and oxygen atoms in total. The molecule has 0 saturated carbocycles. The van der Waals surface area contributed by atoms with Crippen LogP contribution >= 0.6 is 23.1 Å². The van der Waals surface area contributed by atoms with Gasteiger partial charge in [-0.25, -0.2) is 4.98 Å². The zero-order chi connectivity index (χ0) is 15.5. The maximum Gasteiger partial charge on any atom is 0.223 e. The second-order valence-corrected chi connectivity index (χ2v) is 8.12. The van der Waals surface area contributed by atoms with Crippen molar-refractivity contribution in [2.75, 3.05) is 19.6 Å². The summed E-state index contributed by atoms with van der Waals surface area (Å²) in [5.41, 5.74) is 0.846. The number of nitrogens with zero attached hydrogens (tertiary/aromatic N) is 5. The van der Waals surface area contributed by atoms with Crippen LogP contribution in [0.1, 0.15) is 12.8 Å². The third-order valence-electron chi connectivity index (χ3n) is 4.43. The Morgan fingerprint density at radius 2 is 2.04 bits per heavy atom. The van der Waals surface area contributed by atoms with Crippen LogP contribution in [-0.4, -0.2) is 35.6 Å². The van der Waals surface area contributed by atoms with Gasteiger partial charge in [-0.15, -0.1) is 11.3 Å². The van der Waals surface area contributed by atoms with E-state index in [4.69, 9.17) is 0 Å². The van der Waals surface area contributed by atoms with Gasteiger partial charge in [0.2, 0.25) is 4.91 Å². The Hall–Kier alpha value is -1.53. The fourth-order valence-electron chi connectivity index (χ4n) is 3.15. The monoisotopic (exact) mass is 344 g/mol. The van der Waals surface area contributed by atoms with Crippen molar-refractivity contribution in [3.05, 3.63) is 35.8 Å². The van der Waals surface area contributed by atoms with Crippen molar-refractivity contribution in [1.29, 1.82) is 0 Å². The summed E-state index contributed by atoms with van der Waals surface area (Å²) < 4.78 is 1.05. The fraction of sp³-hybridized carbons (Fsp3) is 0.438. The highest BCUT2D eigenvalue weighted by atomic mass is 32.2. The molecule has 3 saturated heterocycles. The van der Waals surface area contributed by atoms with Gasteiger partial charge in [0.05, 0.1) is 0 Å². The lowest BCUT2D eigenvalue weighted by Crippen LogP contribution is -2.49. The third-order valence-corrected chi connectivity index (χ3v) is 6.32. The van der Waals surface area contributed by atoms with Gasteiger partial charge in [0.25, 0.3) is 0 Å². The molecule has 1 atom stereocenters. The minimum absolute atomic E-state index is 0.334. The largest absolute Gasteiger partial charge is 0.301 e. The van der Waals surface area contributed by atoms with E-state index in [1.165, 1.54) is 25.9 Å². The van der Waals surface area contributed by atoms with Gasteiger partial charge in [-0.2, -0.15) is 0 Å². The van der Waals surface area contributed by atoms with E-state index in [1.54, 1.807) is 23.1 Å². The minimum atomic E-state index is 0.334. The molecule has 0 radical (unpaired) electrons. The summed E-state index contributed by atoms with van der Waals surface area (Å²) in [7, 11) is 0. The summed E-state index contributed by atoms with van der Waals surface area (Å²) in [6, 6.07) is 8.39. The SMILES string of the molecule is c1csc(Sc2ccc(N=[N+]=NC3CN4CCC3CC4)cc2)n1. The summed E-state index contributed by atoms with van der Waals surface area (Å²) in [6.07, 6.45) is 4.34. The van der Waals surface area contributed by atoms with E-state index in [9.17, 15) is 0 Å². The standard InChI is InChI=1S/C16H18N5S2/c1-3-14(23-16-17-7-10-22-16)4-2-13(1)18-20-19-15-11-21-8-5-12(15)6-9-21/h1-4,7,10,12,15H,5-6,8-9,11H2/q+1. The van der Waals surface area contributed by atoms with Crippen molar-refractivity contribution in [1.82, 2.24) is 14.8 Å². The third kappa shape index (κ3) is 3.70. The molecule has 1 aromatic carbocycles. The zero-order valence-corrected chi connectivity index (χ0v) is 14.3. The van der Waals surface area contributed by atoms with Crippen molar-refractivity contribution in [3.8, 4) is 0 Å². The molecule has 7 heteroatoms. The van der Waals surface area contributed by atoms with E-state index in [2.05, 4.69) is 37.2 Å². The van der Waals surface area contributed by atoms with Crippen LogP contribution in [0.15, 0.2) is 55.3 Å². The van der Waals surface area contributed by atoms with Gasteiger partial charge in [0.15, 0.2) is 15.1 Å². The van der Waals surface area contributed by atoms with E-state index in [0.29, 0.717) is 12.0 Å². The fourth-order valence-corrected chi connectivity index (χ4v) is 4.75. The first-order valence-electron chi connectivity index (χ1n) is 7.87. The number of aromatic nitrogens is 1.